The lowest BCUT2D eigenvalue weighted by atomic mass is 10.2. The first-order valence-electron chi connectivity index (χ1n) is 4.89. The van der Waals surface area contributed by atoms with Crippen molar-refractivity contribution in [3.8, 4) is 6.07 Å². The van der Waals surface area contributed by atoms with Crippen molar-refractivity contribution in [1.82, 2.24) is 4.98 Å². The molecule has 0 aliphatic carbocycles. The maximum absolute atomic E-state index is 8.82. The fraction of sp³-hybridized carbons (Fsp3) is 0.167. The van der Waals surface area contributed by atoms with Gasteiger partial charge in [-0.25, -0.2) is 4.98 Å². The maximum atomic E-state index is 8.82. The van der Waals surface area contributed by atoms with Crippen LogP contribution in [0.15, 0.2) is 35.8 Å². The average Bonchev–Trinajstić information content (AvgIpc) is 2.82. The fourth-order valence-electron chi connectivity index (χ4n) is 1.44. The first kappa shape index (κ1) is 10.7. The zero-order valence-corrected chi connectivity index (χ0v) is 9.74. The number of benzene rings is 1. The van der Waals surface area contributed by atoms with Gasteiger partial charge in [-0.2, -0.15) is 5.26 Å². The quantitative estimate of drug-likeness (QED) is 0.812. The number of hydrogen-bond acceptors (Lipinski definition) is 4. The molecule has 4 heteroatoms. The predicted octanol–water partition coefficient (Wildman–Crippen LogP) is 2.65. The number of thiazole rings is 1. The van der Waals surface area contributed by atoms with Crippen molar-refractivity contribution >= 4 is 17.0 Å². The number of nitrogens with zero attached hydrogens (tertiary/aromatic N) is 3. The van der Waals surface area contributed by atoms with E-state index in [1.54, 1.807) is 23.6 Å². The van der Waals surface area contributed by atoms with Crippen LogP contribution >= 0.6 is 11.3 Å². The van der Waals surface area contributed by atoms with Crippen LogP contribution in [0.5, 0.6) is 0 Å². The van der Waals surface area contributed by atoms with Gasteiger partial charge in [-0.3, -0.25) is 0 Å². The second kappa shape index (κ2) is 4.77. The highest BCUT2D eigenvalue weighted by Crippen LogP contribution is 2.17. The Hall–Kier alpha value is -1.86. The molecule has 1 heterocycles. The Balaban J connectivity index is 2.15. The van der Waals surface area contributed by atoms with Crippen LogP contribution in [0.25, 0.3) is 0 Å². The van der Waals surface area contributed by atoms with Gasteiger partial charge in [0.2, 0.25) is 0 Å². The van der Waals surface area contributed by atoms with E-state index < -0.39 is 0 Å². The number of rotatable bonds is 3. The summed E-state index contributed by atoms with van der Waals surface area (Å²) in [5.74, 6) is 0. The van der Waals surface area contributed by atoms with Gasteiger partial charge in [0.1, 0.15) is 5.01 Å². The van der Waals surface area contributed by atoms with E-state index in [0.717, 1.165) is 17.2 Å². The van der Waals surface area contributed by atoms with E-state index >= 15 is 0 Å². The molecule has 0 aliphatic rings. The van der Waals surface area contributed by atoms with Crippen LogP contribution in [0.2, 0.25) is 0 Å². The summed E-state index contributed by atoms with van der Waals surface area (Å²) in [6.45, 7) is 0.770. The van der Waals surface area contributed by atoms with Gasteiger partial charge in [-0.05, 0) is 18.2 Å². The Morgan fingerprint density at radius 3 is 3.06 bits per heavy atom. The molecule has 2 rings (SSSR count). The molecule has 0 atom stereocenters. The van der Waals surface area contributed by atoms with Crippen LogP contribution < -0.4 is 4.90 Å². The fourth-order valence-corrected chi connectivity index (χ4v) is 2.11. The Labute approximate surface area is 98.6 Å². The Morgan fingerprint density at radius 1 is 1.50 bits per heavy atom. The average molecular weight is 229 g/mol. The summed E-state index contributed by atoms with van der Waals surface area (Å²) < 4.78 is 0. The molecule has 0 aliphatic heterocycles. The van der Waals surface area contributed by atoms with E-state index in [-0.39, 0.29) is 0 Å². The Bertz CT molecular complexity index is 499. The molecule has 1 aromatic heterocycles. The van der Waals surface area contributed by atoms with E-state index in [1.807, 2.05) is 30.6 Å². The third kappa shape index (κ3) is 2.38. The lowest BCUT2D eigenvalue weighted by Crippen LogP contribution is -2.16. The molecule has 0 amide bonds. The third-order valence-electron chi connectivity index (χ3n) is 2.27. The number of nitriles is 1. The van der Waals surface area contributed by atoms with E-state index in [9.17, 15) is 0 Å². The van der Waals surface area contributed by atoms with Gasteiger partial charge in [-0.1, -0.05) is 6.07 Å². The van der Waals surface area contributed by atoms with Crippen LogP contribution in [-0.2, 0) is 6.54 Å². The van der Waals surface area contributed by atoms with Gasteiger partial charge >= 0.3 is 0 Å². The van der Waals surface area contributed by atoms with Crippen molar-refractivity contribution in [1.29, 1.82) is 5.26 Å². The summed E-state index contributed by atoms with van der Waals surface area (Å²) in [6, 6.07) is 9.72. The molecular weight excluding hydrogens is 218 g/mol. The van der Waals surface area contributed by atoms with E-state index in [0.29, 0.717) is 5.56 Å². The first-order chi connectivity index (χ1) is 7.79. The Morgan fingerprint density at radius 2 is 2.38 bits per heavy atom. The zero-order valence-electron chi connectivity index (χ0n) is 8.92. The summed E-state index contributed by atoms with van der Waals surface area (Å²) in [6.07, 6.45) is 1.81. The lowest BCUT2D eigenvalue weighted by molar-refractivity contribution is 0.910. The molecular formula is C12H11N3S. The summed E-state index contributed by atoms with van der Waals surface area (Å²) in [7, 11) is 2.00. The van der Waals surface area contributed by atoms with Gasteiger partial charge in [0.05, 0.1) is 18.2 Å². The third-order valence-corrected chi connectivity index (χ3v) is 3.04. The molecule has 3 nitrogen and oxygen atoms in total. The van der Waals surface area contributed by atoms with Crippen molar-refractivity contribution in [2.75, 3.05) is 11.9 Å². The van der Waals surface area contributed by atoms with E-state index in [2.05, 4.69) is 16.0 Å². The first-order valence-corrected chi connectivity index (χ1v) is 5.77. The maximum Gasteiger partial charge on any atom is 0.112 e. The SMILES string of the molecule is CN(Cc1nccs1)c1cccc(C#N)c1. The van der Waals surface area contributed by atoms with Gasteiger partial charge in [0.25, 0.3) is 0 Å². The Kier molecular flexibility index (Phi) is 3.18. The van der Waals surface area contributed by atoms with Crippen LogP contribution in [0.4, 0.5) is 5.69 Å². The predicted molar refractivity (Wildman–Crippen MR) is 65.4 cm³/mol. The summed E-state index contributed by atoms with van der Waals surface area (Å²) in [4.78, 5) is 6.32. The van der Waals surface area contributed by atoms with Gasteiger partial charge in [0.15, 0.2) is 0 Å². The molecule has 0 N–H and O–H groups in total. The van der Waals surface area contributed by atoms with Crippen molar-refractivity contribution < 1.29 is 0 Å². The van der Waals surface area contributed by atoms with Crippen molar-refractivity contribution in [2.24, 2.45) is 0 Å². The number of hydrogen-bond donors (Lipinski definition) is 0. The smallest absolute Gasteiger partial charge is 0.112 e. The molecule has 80 valence electrons. The summed E-state index contributed by atoms with van der Waals surface area (Å²) >= 11 is 1.64. The highest BCUT2D eigenvalue weighted by atomic mass is 32.1. The molecule has 0 bridgehead atoms. The van der Waals surface area contributed by atoms with Gasteiger partial charge in [-0.15, -0.1) is 11.3 Å². The van der Waals surface area contributed by atoms with Crippen molar-refractivity contribution in [3.63, 3.8) is 0 Å². The molecule has 0 spiro atoms. The van der Waals surface area contributed by atoms with E-state index in [4.69, 9.17) is 5.26 Å². The monoisotopic (exact) mass is 229 g/mol. The molecule has 0 radical (unpaired) electrons. The van der Waals surface area contributed by atoms with Gasteiger partial charge in [0, 0.05) is 24.3 Å². The standard InChI is InChI=1S/C12H11N3S/c1-15(9-12-14-5-6-16-12)11-4-2-3-10(7-11)8-13/h2-7H,9H2,1H3. The van der Waals surface area contributed by atoms with E-state index in [1.165, 1.54) is 0 Å². The highest BCUT2D eigenvalue weighted by Gasteiger charge is 2.04. The number of aromatic nitrogens is 1. The largest absolute Gasteiger partial charge is 0.368 e. The second-order valence-corrected chi connectivity index (χ2v) is 4.42. The molecule has 16 heavy (non-hydrogen) atoms. The zero-order chi connectivity index (χ0) is 11.4. The van der Waals surface area contributed by atoms with Crippen LogP contribution in [0.1, 0.15) is 10.6 Å². The van der Waals surface area contributed by atoms with Crippen LogP contribution in [-0.4, -0.2) is 12.0 Å². The van der Waals surface area contributed by atoms with Crippen LogP contribution in [0, 0.1) is 11.3 Å². The second-order valence-electron chi connectivity index (χ2n) is 3.44. The minimum Gasteiger partial charge on any atom is -0.368 e. The van der Waals surface area contributed by atoms with Crippen molar-refractivity contribution in [2.45, 2.75) is 6.54 Å². The molecule has 0 saturated heterocycles. The molecule has 0 saturated carbocycles. The van der Waals surface area contributed by atoms with Gasteiger partial charge < -0.3 is 4.90 Å². The topological polar surface area (TPSA) is 39.9 Å². The summed E-state index contributed by atoms with van der Waals surface area (Å²) in [5.41, 5.74) is 1.72. The van der Waals surface area contributed by atoms with Crippen molar-refractivity contribution in [3.05, 3.63) is 46.4 Å². The number of anilines is 1. The van der Waals surface area contributed by atoms with Crippen LogP contribution in [0.3, 0.4) is 0 Å². The molecule has 0 fully saturated rings. The normalized spacial score (nSPS) is 9.75. The minimum absolute atomic E-state index is 0.684. The lowest BCUT2D eigenvalue weighted by Gasteiger charge is -2.17. The molecule has 0 unspecified atom stereocenters. The minimum atomic E-state index is 0.684. The summed E-state index contributed by atoms with van der Waals surface area (Å²) in [5, 5.41) is 11.9. The molecule has 1 aromatic carbocycles. The molecule has 2 aromatic rings. The highest BCUT2D eigenvalue weighted by molar-refractivity contribution is 7.09.